The molecule has 1 N–H and O–H groups in total. The van der Waals surface area contributed by atoms with Crippen molar-refractivity contribution in [3.05, 3.63) is 64.6 Å². The van der Waals surface area contributed by atoms with Gasteiger partial charge in [0.2, 0.25) is 11.5 Å². The topological polar surface area (TPSA) is 65.2 Å². The first-order valence-corrected chi connectivity index (χ1v) is 6.59. The van der Waals surface area contributed by atoms with Crippen LogP contribution in [-0.2, 0) is 0 Å². The predicted octanol–water partition coefficient (Wildman–Crippen LogP) is 3.62. The van der Waals surface area contributed by atoms with E-state index in [0.29, 0.717) is 11.3 Å². The quantitative estimate of drug-likeness (QED) is 0.529. The number of nitrogens with zero attached hydrogens (tertiary/aromatic N) is 2. The fraction of sp³-hybridized carbons (Fsp3) is 0. The first-order chi connectivity index (χ1) is 9.70. The monoisotopic (exact) mass is 327 g/mol. The van der Waals surface area contributed by atoms with Gasteiger partial charge in [0.05, 0.1) is 5.69 Å². The molecule has 0 aromatic heterocycles. The van der Waals surface area contributed by atoms with E-state index in [9.17, 15) is 4.79 Å². The van der Waals surface area contributed by atoms with Crippen molar-refractivity contribution in [2.75, 3.05) is 5.43 Å². The van der Waals surface area contributed by atoms with Crippen LogP contribution in [0, 0.1) is 11.3 Å². The van der Waals surface area contributed by atoms with Gasteiger partial charge in [-0.3, -0.25) is 10.2 Å². The summed E-state index contributed by atoms with van der Waals surface area (Å²) in [5, 5.41) is 12.9. The molecule has 0 aliphatic rings. The minimum absolute atomic E-state index is 0.184. The van der Waals surface area contributed by atoms with Crippen molar-refractivity contribution in [3.63, 3.8) is 0 Å². The number of hydrazone groups is 1. The summed E-state index contributed by atoms with van der Waals surface area (Å²) in [5.74, 6) is -0.413. The number of carbonyl (C=O) groups excluding carboxylic acids is 1. The largest absolute Gasteiger partial charge is 0.286 e. The first-order valence-electron chi connectivity index (χ1n) is 5.80. The molecule has 2 rings (SSSR count). The maximum Gasteiger partial charge on any atom is 0.223 e. The van der Waals surface area contributed by atoms with Gasteiger partial charge >= 0.3 is 0 Å². The molecule has 20 heavy (non-hydrogen) atoms. The summed E-state index contributed by atoms with van der Waals surface area (Å²) in [6.07, 6.45) is 0. The second kappa shape index (κ2) is 6.64. The molecule has 0 unspecified atom stereocenters. The summed E-state index contributed by atoms with van der Waals surface area (Å²) in [7, 11) is 0. The Morgan fingerprint density at radius 2 is 1.75 bits per heavy atom. The van der Waals surface area contributed by atoms with Crippen molar-refractivity contribution in [2.45, 2.75) is 0 Å². The van der Waals surface area contributed by atoms with Crippen molar-refractivity contribution in [1.29, 1.82) is 5.26 Å². The lowest BCUT2D eigenvalue weighted by atomic mass is 10.1. The number of para-hydroxylation sites is 1. The molecule has 4 nitrogen and oxygen atoms in total. The van der Waals surface area contributed by atoms with Gasteiger partial charge in [-0.1, -0.05) is 34.1 Å². The van der Waals surface area contributed by atoms with Gasteiger partial charge in [-0.05, 0) is 36.4 Å². The molecule has 0 fully saturated rings. The molecular weight excluding hydrogens is 318 g/mol. The predicted molar refractivity (Wildman–Crippen MR) is 81.6 cm³/mol. The molecule has 0 aliphatic carbocycles. The second-order valence-electron chi connectivity index (χ2n) is 3.89. The molecule has 0 amide bonds. The van der Waals surface area contributed by atoms with E-state index in [0.717, 1.165) is 4.47 Å². The summed E-state index contributed by atoms with van der Waals surface area (Å²) in [6, 6.07) is 17.7. The van der Waals surface area contributed by atoms with E-state index >= 15 is 0 Å². The number of hydrogen-bond acceptors (Lipinski definition) is 4. The Morgan fingerprint density at radius 1 is 1.10 bits per heavy atom. The number of halogens is 1. The van der Waals surface area contributed by atoms with Gasteiger partial charge in [-0.15, -0.1) is 0 Å². The molecule has 0 atom stereocenters. The Kier molecular flexibility index (Phi) is 4.64. The summed E-state index contributed by atoms with van der Waals surface area (Å²) in [5.41, 5.74) is 3.64. The van der Waals surface area contributed by atoms with Gasteiger partial charge in [0.1, 0.15) is 6.07 Å². The third-order valence-electron chi connectivity index (χ3n) is 2.50. The molecular formula is C15H10BrN3O. The van der Waals surface area contributed by atoms with Crippen LogP contribution in [0.4, 0.5) is 5.69 Å². The summed E-state index contributed by atoms with van der Waals surface area (Å²) >= 11 is 3.29. The Balaban J connectivity index is 2.18. The van der Waals surface area contributed by atoms with Crippen LogP contribution in [0.15, 0.2) is 64.2 Å². The Bertz CT molecular complexity index is 673. The maximum atomic E-state index is 12.1. The van der Waals surface area contributed by atoms with Crippen LogP contribution in [0.25, 0.3) is 0 Å². The van der Waals surface area contributed by atoms with Crippen LogP contribution < -0.4 is 5.43 Å². The van der Waals surface area contributed by atoms with Crippen LogP contribution in [0.3, 0.4) is 0 Å². The summed E-state index contributed by atoms with van der Waals surface area (Å²) < 4.78 is 0.868. The van der Waals surface area contributed by atoms with E-state index in [2.05, 4.69) is 26.5 Å². The van der Waals surface area contributed by atoms with Gasteiger partial charge in [-0.25, -0.2) is 0 Å². The van der Waals surface area contributed by atoms with Crippen molar-refractivity contribution in [2.24, 2.45) is 5.10 Å². The van der Waals surface area contributed by atoms with E-state index in [1.165, 1.54) is 0 Å². The first kappa shape index (κ1) is 14.0. The molecule has 0 heterocycles. The van der Waals surface area contributed by atoms with Crippen molar-refractivity contribution in [3.8, 4) is 6.07 Å². The number of anilines is 1. The standard InChI is InChI=1S/C15H10BrN3O/c16-12-8-6-11(7-9-12)15(20)14(10-17)19-18-13-4-2-1-3-5-13/h1-9,18H. The molecule has 0 saturated heterocycles. The highest BCUT2D eigenvalue weighted by Gasteiger charge is 2.13. The van der Waals surface area contributed by atoms with E-state index in [4.69, 9.17) is 5.26 Å². The SMILES string of the molecule is N#CC(=NNc1ccccc1)C(=O)c1ccc(Br)cc1. The average molecular weight is 328 g/mol. The zero-order valence-corrected chi connectivity index (χ0v) is 12.0. The molecule has 2 aromatic rings. The number of nitriles is 1. The number of benzene rings is 2. The maximum absolute atomic E-state index is 12.1. The normalized spacial score (nSPS) is 10.7. The molecule has 0 radical (unpaired) electrons. The molecule has 0 spiro atoms. The number of rotatable bonds is 4. The molecule has 0 aliphatic heterocycles. The Morgan fingerprint density at radius 3 is 2.35 bits per heavy atom. The lowest BCUT2D eigenvalue weighted by Gasteiger charge is -2.01. The highest BCUT2D eigenvalue weighted by atomic mass is 79.9. The number of hydrogen-bond donors (Lipinski definition) is 1. The van der Waals surface area contributed by atoms with Gasteiger partial charge < -0.3 is 0 Å². The Hall–Kier alpha value is -2.45. The number of Topliss-reactive ketones (excluding diaryl/α,β-unsaturated/α-hetero) is 1. The second-order valence-corrected chi connectivity index (χ2v) is 4.80. The van der Waals surface area contributed by atoms with Gasteiger partial charge in [0.25, 0.3) is 0 Å². The summed E-state index contributed by atoms with van der Waals surface area (Å²) in [6.45, 7) is 0. The number of nitrogens with one attached hydrogen (secondary N) is 1. The fourth-order valence-electron chi connectivity index (χ4n) is 1.50. The van der Waals surface area contributed by atoms with Gasteiger partial charge in [-0.2, -0.15) is 10.4 Å². The lowest BCUT2D eigenvalue weighted by Crippen LogP contribution is -2.14. The van der Waals surface area contributed by atoms with Crippen LogP contribution in [0.1, 0.15) is 10.4 Å². The summed E-state index contributed by atoms with van der Waals surface area (Å²) in [4.78, 5) is 12.1. The van der Waals surface area contributed by atoms with Crippen LogP contribution >= 0.6 is 15.9 Å². The minimum Gasteiger partial charge on any atom is -0.286 e. The number of ketones is 1. The van der Waals surface area contributed by atoms with E-state index < -0.39 is 5.78 Å². The van der Waals surface area contributed by atoms with Gasteiger partial charge in [0.15, 0.2) is 0 Å². The van der Waals surface area contributed by atoms with Gasteiger partial charge in [0, 0.05) is 10.0 Å². The van der Waals surface area contributed by atoms with E-state index in [1.807, 2.05) is 24.3 Å². The van der Waals surface area contributed by atoms with Crippen molar-refractivity contribution >= 4 is 33.1 Å². The number of carbonyl (C=O) groups is 1. The molecule has 0 saturated carbocycles. The van der Waals surface area contributed by atoms with Crippen LogP contribution in [-0.4, -0.2) is 11.5 Å². The zero-order valence-electron chi connectivity index (χ0n) is 10.4. The third-order valence-corrected chi connectivity index (χ3v) is 3.03. The van der Waals surface area contributed by atoms with E-state index in [1.54, 1.807) is 36.4 Å². The van der Waals surface area contributed by atoms with Crippen molar-refractivity contribution in [1.82, 2.24) is 0 Å². The smallest absolute Gasteiger partial charge is 0.223 e. The lowest BCUT2D eigenvalue weighted by molar-refractivity contribution is 0.106. The average Bonchev–Trinajstić information content (AvgIpc) is 2.49. The van der Waals surface area contributed by atoms with Crippen LogP contribution in [0.5, 0.6) is 0 Å². The minimum atomic E-state index is -0.413. The molecule has 98 valence electrons. The highest BCUT2D eigenvalue weighted by molar-refractivity contribution is 9.10. The zero-order chi connectivity index (χ0) is 14.4. The van der Waals surface area contributed by atoms with Crippen molar-refractivity contribution < 1.29 is 4.79 Å². The molecule has 5 heteroatoms. The van der Waals surface area contributed by atoms with Crippen LogP contribution in [0.2, 0.25) is 0 Å². The molecule has 2 aromatic carbocycles. The Labute approximate surface area is 124 Å². The fourth-order valence-corrected chi connectivity index (χ4v) is 1.76. The molecule has 0 bridgehead atoms. The highest BCUT2D eigenvalue weighted by Crippen LogP contribution is 2.12. The third kappa shape index (κ3) is 3.53. The van der Waals surface area contributed by atoms with E-state index in [-0.39, 0.29) is 5.71 Å².